The number of carbonyl (C=O) groups excluding carboxylic acids is 1. The maximum atomic E-state index is 12.5. The maximum Gasteiger partial charge on any atom is 0.229 e. The second-order valence-corrected chi connectivity index (χ2v) is 7.99. The standard InChI is InChI=1S/C20H24N4O3.ClH/c25-18(16-11-20(16)7-9-21-10-8-20)22-14-3-5-15(6-4-14)26-12-17-23-19(27-24-17)13-1-2-13;/h3-6,13,16,21H,1-2,7-12H2,(H,22,25);1H. The molecule has 2 N–H and O–H groups in total. The fourth-order valence-corrected chi connectivity index (χ4v) is 4.03. The molecule has 2 heterocycles. The highest BCUT2D eigenvalue weighted by Crippen LogP contribution is 2.58. The van der Waals surface area contributed by atoms with Gasteiger partial charge in [0.1, 0.15) is 5.75 Å². The highest BCUT2D eigenvalue weighted by atomic mass is 35.5. The topological polar surface area (TPSA) is 89.3 Å². The van der Waals surface area contributed by atoms with E-state index in [4.69, 9.17) is 9.26 Å². The molecular weight excluding hydrogens is 380 g/mol. The molecule has 3 aliphatic rings. The van der Waals surface area contributed by atoms with Crippen LogP contribution in [-0.4, -0.2) is 29.1 Å². The molecule has 1 aliphatic heterocycles. The van der Waals surface area contributed by atoms with Crippen LogP contribution in [-0.2, 0) is 11.4 Å². The lowest BCUT2D eigenvalue weighted by molar-refractivity contribution is -0.118. The Morgan fingerprint density at radius 2 is 2.00 bits per heavy atom. The summed E-state index contributed by atoms with van der Waals surface area (Å²) < 4.78 is 10.9. The van der Waals surface area contributed by atoms with Gasteiger partial charge in [-0.15, -0.1) is 12.4 Å². The number of anilines is 1. The summed E-state index contributed by atoms with van der Waals surface area (Å²) in [6.45, 7) is 2.33. The maximum absolute atomic E-state index is 12.5. The van der Waals surface area contributed by atoms with E-state index in [1.165, 1.54) is 0 Å². The van der Waals surface area contributed by atoms with E-state index in [1.54, 1.807) is 0 Å². The molecule has 7 nitrogen and oxygen atoms in total. The second-order valence-electron chi connectivity index (χ2n) is 7.99. The number of rotatable bonds is 6. The molecule has 8 heteroatoms. The third-order valence-electron chi connectivity index (χ3n) is 6.01. The van der Waals surface area contributed by atoms with Crippen LogP contribution in [0.2, 0.25) is 0 Å². The molecular formula is C20H25ClN4O3. The van der Waals surface area contributed by atoms with Crippen LogP contribution in [0.25, 0.3) is 0 Å². The van der Waals surface area contributed by atoms with Gasteiger partial charge in [-0.2, -0.15) is 4.98 Å². The number of benzene rings is 1. The Labute approximate surface area is 170 Å². The third kappa shape index (κ3) is 4.00. The molecule has 3 fully saturated rings. The number of piperidine rings is 1. The molecule has 2 aliphatic carbocycles. The van der Waals surface area contributed by atoms with Crippen molar-refractivity contribution >= 4 is 24.0 Å². The molecule has 1 aromatic carbocycles. The minimum Gasteiger partial charge on any atom is -0.485 e. The molecule has 1 amide bonds. The van der Waals surface area contributed by atoms with E-state index in [0.717, 1.165) is 56.8 Å². The van der Waals surface area contributed by atoms with Gasteiger partial charge in [-0.3, -0.25) is 4.79 Å². The summed E-state index contributed by atoms with van der Waals surface area (Å²) in [7, 11) is 0. The summed E-state index contributed by atoms with van der Waals surface area (Å²) in [5, 5.41) is 10.4. The van der Waals surface area contributed by atoms with Crippen molar-refractivity contribution in [3.8, 4) is 5.75 Å². The smallest absolute Gasteiger partial charge is 0.229 e. The van der Waals surface area contributed by atoms with Crippen LogP contribution in [0.1, 0.15) is 49.7 Å². The molecule has 28 heavy (non-hydrogen) atoms. The number of nitrogens with zero attached hydrogens (tertiary/aromatic N) is 2. The second kappa shape index (κ2) is 7.72. The molecule has 150 valence electrons. The summed E-state index contributed by atoms with van der Waals surface area (Å²) in [6.07, 6.45) is 5.51. The van der Waals surface area contributed by atoms with Gasteiger partial charge in [0, 0.05) is 17.5 Å². The first-order valence-electron chi connectivity index (χ1n) is 9.79. The van der Waals surface area contributed by atoms with Gasteiger partial charge < -0.3 is 19.9 Å². The lowest BCUT2D eigenvalue weighted by atomic mass is 9.92. The molecule has 0 bridgehead atoms. The molecule has 1 unspecified atom stereocenters. The van der Waals surface area contributed by atoms with Crippen LogP contribution in [0.3, 0.4) is 0 Å². The van der Waals surface area contributed by atoms with Crippen molar-refractivity contribution in [2.24, 2.45) is 11.3 Å². The van der Waals surface area contributed by atoms with Gasteiger partial charge in [0.25, 0.3) is 0 Å². The zero-order valence-corrected chi connectivity index (χ0v) is 16.5. The number of aromatic nitrogens is 2. The van der Waals surface area contributed by atoms with Crippen molar-refractivity contribution in [1.29, 1.82) is 0 Å². The minimum absolute atomic E-state index is 0. The Bertz CT molecular complexity index is 828. The average Bonchev–Trinajstić information content (AvgIpc) is 3.61. The fraction of sp³-hybridized carbons (Fsp3) is 0.550. The predicted molar refractivity (Wildman–Crippen MR) is 106 cm³/mol. The van der Waals surface area contributed by atoms with Crippen molar-refractivity contribution in [3.63, 3.8) is 0 Å². The molecule has 1 atom stereocenters. The van der Waals surface area contributed by atoms with E-state index in [1.807, 2.05) is 24.3 Å². The Morgan fingerprint density at radius 1 is 1.25 bits per heavy atom. The normalized spacial score (nSPS) is 22.4. The molecule has 5 rings (SSSR count). The van der Waals surface area contributed by atoms with E-state index < -0.39 is 0 Å². The van der Waals surface area contributed by atoms with Gasteiger partial charge in [-0.05, 0) is 74.9 Å². The van der Waals surface area contributed by atoms with Gasteiger partial charge in [0.2, 0.25) is 17.6 Å². The van der Waals surface area contributed by atoms with Crippen molar-refractivity contribution in [2.45, 2.75) is 44.6 Å². The molecule has 0 radical (unpaired) electrons. The fourth-order valence-electron chi connectivity index (χ4n) is 4.03. The molecule has 1 aromatic heterocycles. The first-order valence-corrected chi connectivity index (χ1v) is 9.79. The first-order chi connectivity index (χ1) is 13.2. The van der Waals surface area contributed by atoms with Crippen LogP contribution < -0.4 is 15.4 Å². The van der Waals surface area contributed by atoms with Crippen molar-refractivity contribution in [2.75, 3.05) is 18.4 Å². The monoisotopic (exact) mass is 404 g/mol. The number of nitrogens with one attached hydrogen (secondary N) is 2. The van der Waals surface area contributed by atoms with Crippen molar-refractivity contribution in [1.82, 2.24) is 15.5 Å². The zero-order valence-electron chi connectivity index (χ0n) is 15.6. The van der Waals surface area contributed by atoms with E-state index in [2.05, 4.69) is 20.8 Å². The highest BCUT2D eigenvalue weighted by molar-refractivity contribution is 5.95. The average molecular weight is 405 g/mol. The number of hydrogen-bond acceptors (Lipinski definition) is 6. The number of amides is 1. The largest absolute Gasteiger partial charge is 0.485 e. The summed E-state index contributed by atoms with van der Waals surface area (Å²) >= 11 is 0. The van der Waals surface area contributed by atoms with Crippen molar-refractivity contribution in [3.05, 3.63) is 36.0 Å². The third-order valence-corrected chi connectivity index (χ3v) is 6.01. The zero-order chi connectivity index (χ0) is 18.3. The van der Waals surface area contributed by atoms with E-state index in [9.17, 15) is 4.79 Å². The van der Waals surface area contributed by atoms with E-state index >= 15 is 0 Å². The minimum atomic E-state index is 0. The SMILES string of the molecule is Cl.O=C(Nc1ccc(OCc2noc(C3CC3)n2)cc1)C1CC12CCNCC2. The van der Waals surface area contributed by atoms with Gasteiger partial charge in [0.15, 0.2) is 6.61 Å². The Hall–Kier alpha value is -2.12. The van der Waals surface area contributed by atoms with E-state index in [-0.39, 0.29) is 36.3 Å². The van der Waals surface area contributed by atoms with Crippen LogP contribution in [0.4, 0.5) is 5.69 Å². The number of halogens is 1. The van der Waals surface area contributed by atoms with Crippen LogP contribution in [0.5, 0.6) is 5.75 Å². The molecule has 1 saturated heterocycles. The van der Waals surface area contributed by atoms with Gasteiger partial charge in [-0.1, -0.05) is 5.16 Å². The quantitative estimate of drug-likeness (QED) is 0.768. The number of hydrogen-bond donors (Lipinski definition) is 2. The van der Waals surface area contributed by atoms with Gasteiger partial charge in [-0.25, -0.2) is 0 Å². The van der Waals surface area contributed by atoms with E-state index in [0.29, 0.717) is 17.5 Å². The number of ether oxygens (including phenoxy) is 1. The lowest BCUT2D eigenvalue weighted by Crippen LogP contribution is -2.31. The summed E-state index contributed by atoms with van der Waals surface area (Å²) in [6, 6.07) is 7.45. The predicted octanol–water partition coefficient (Wildman–Crippen LogP) is 3.28. The van der Waals surface area contributed by atoms with Crippen LogP contribution >= 0.6 is 12.4 Å². The summed E-state index contributed by atoms with van der Waals surface area (Å²) in [5.74, 6) is 2.75. The number of carbonyl (C=O) groups is 1. The molecule has 2 saturated carbocycles. The molecule has 2 aromatic rings. The Morgan fingerprint density at radius 3 is 2.71 bits per heavy atom. The Balaban J connectivity index is 0.00000192. The summed E-state index contributed by atoms with van der Waals surface area (Å²) in [5.41, 5.74) is 1.06. The molecule has 1 spiro atoms. The first kappa shape index (κ1) is 19.2. The van der Waals surface area contributed by atoms with Crippen LogP contribution in [0, 0.1) is 11.3 Å². The summed E-state index contributed by atoms with van der Waals surface area (Å²) in [4.78, 5) is 16.9. The van der Waals surface area contributed by atoms with Gasteiger partial charge >= 0.3 is 0 Å². The Kier molecular flexibility index (Phi) is 5.29. The lowest BCUT2D eigenvalue weighted by Gasteiger charge is -2.23. The van der Waals surface area contributed by atoms with Crippen LogP contribution in [0.15, 0.2) is 28.8 Å². The highest BCUT2D eigenvalue weighted by Gasteiger charge is 2.57. The van der Waals surface area contributed by atoms with Crippen molar-refractivity contribution < 1.29 is 14.1 Å². The van der Waals surface area contributed by atoms with Gasteiger partial charge in [0.05, 0.1) is 0 Å².